The standard InChI is InChI=1S/C36H47ClN4O4/c1-24(2)21-45-35(43)41-33(29-9-6-5-7-10-29)40-32(19-28-17-25(3)36(15-8-16-36)26(4)18-28)34(42)39-31(20-38)23-44-22-27-11-13-30(37)14-12-27/h5-7,9-14,24-26,28,31-32H,8,15-19,21-23H2,1-4H3,(H,39,42)(H,40,41,43). The summed E-state index contributed by atoms with van der Waals surface area (Å²) in [5.74, 6) is 1.49. The summed E-state index contributed by atoms with van der Waals surface area (Å²) in [6.45, 7) is 9.20. The van der Waals surface area contributed by atoms with Crippen LogP contribution in [0.15, 0.2) is 59.6 Å². The number of nitrogens with one attached hydrogen (secondary N) is 2. The predicted molar refractivity (Wildman–Crippen MR) is 177 cm³/mol. The quantitative estimate of drug-likeness (QED) is 0.188. The highest BCUT2D eigenvalue weighted by Gasteiger charge is 2.50. The van der Waals surface area contributed by atoms with E-state index in [1.54, 1.807) is 12.1 Å². The van der Waals surface area contributed by atoms with Gasteiger partial charge in [0.05, 0.1) is 25.9 Å². The van der Waals surface area contributed by atoms with Crippen molar-refractivity contribution >= 4 is 29.4 Å². The fourth-order valence-electron chi connectivity index (χ4n) is 6.91. The van der Waals surface area contributed by atoms with E-state index in [9.17, 15) is 14.9 Å². The van der Waals surface area contributed by atoms with Crippen LogP contribution in [0.5, 0.6) is 0 Å². The first-order valence-corrected chi connectivity index (χ1v) is 16.6. The number of carbonyl (C=O) groups is 2. The molecule has 2 amide bonds. The first-order chi connectivity index (χ1) is 21.6. The smallest absolute Gasteiger partial charge is 0.412 e. The van der Waals surface area contributed by atoms with Crippen LogP contribution in [0.3, 0.4) is 0 Å². The van der Waals surface area contributed by atoms with Gasteiger partial charge in [-0.3, -0.25) is 15.1 Å². The molecule has 2 aliphatic carbocycles. The molecule has 2 saturated carbocycles. The van der Waals surface area contributed by atoms with Gasteiger partial charge in [-0.1, -0.05) is 88.2 Å². The maximum atomic E-state index is 13.9. The maximum absolute atomic E-state index is 13.9. The number of hydrogen-bond donors (Lipinski definition) is 2. The number of halogens is 1. The van der Waals surface area contributed by atoms with Crippen molar-refractivity contribution in [2.45, 2.75) is 84.9 Å². The number of carbonyl (C=O) groups excluding carboxylic acids is 2. The van der Waals surface area contributed by atoms with Crippen LogP contribution in [0.4, 0.5) is 4.79 Å². The number of benzene rings is 2. The Kier molecular flexibility index (Phi) is 12.4. The Labute approximate surface area is 272 Å². The first kappa shape index (κ1) is 34.5. The summed E-state index contributed by atoms with van der Waals surface area (Å²) in [5, 5.41) is 16.2. The monoisotopic (exact) mass is 634 g/mol. The zero-order valence-corrected chi connectivity index (χ0v) is 27.7. The van der Waals surface area contributed by atoms with E-state index in [0.717, 1.165) is 18.4 Å². The van der Waals surface area contributed by atoms with Crippen molar-refractivity contribution in [1.29, 1.82) is 5.26 Å². The van der Waals surface area contributed by atoms with E-state index in [4.69, 9.17) is 26.1 Å². The lowest BCUT2D eigenvalue weighted by atomic mass is 9.49. The van der Waals surface area contributed by atoms with E-state index in [-0.39, 0.29) is 43.4 Å². The average molecular weight is 635 g/mol. The SMILES string of the molecule is CC(C)COC(=O)NC(=NC(CC1CC(C)C2(CCC2)C(C)C1)C(=O)NC(C#N)COCc1ccc(Cl)cc1)c1ccccc1. The molecule has 0 heterocycles. The van der Waals surface area contributed by atoms with Crippen molar-refractivity contribution < 1.29 is 19.1 Å². The fourth-order valence-corrected chi connectivity index (χ4v) is 7.03. The van der Waals surface area contributed by atoms with Crippen molar-refractivity contribution in [3.63, 3.8) is 0 Å². The van der Waals surface area contributed by atoms with E-state index >= 15 is 0 Å². The van der Waals surface area contributed by atoms with Crippen LogP contribution in [0, 0.1) is 40.4 Å². The summed E-state index contributed by atoms with van der Waals surface area (Å²) in [7, 11) is 0. The predicted octanol–water partition coefficient (Wildman–Crippen LogP) is 7.31. The number of nitriles is 1. The van der Waals surface area contributed by atoms with Gasteiger partial charge in [0.1, 0.15) is 17.9 Å². The van der Waals surface area contributed by atoms with E-state index < -0.39 is 18.2 Å². The molecule has 242 valence electrons. The number of aliphatic imine (C=N–C) groups is 1. The van der Waals surface area contributed by atoms with Gasteiger partial charge in [-0.2, -0.15) is 5.26 Å². The third-order valence-electron chi connectivity index (χ3n) is 9.52. The van der Waals surface area contributed by atoms with Crippen LogP contribution in [0.2, 0.25) is 5.02 Å². The Bertz CT molecular complexity index is 1320. The molecule has 2 aliphatic rings. The zero-order chi connectivity index (χ0) is 32.4. The Balaban J connectivity index is 1.53. The third-order valence-corrected chi connectivity index (χ3v) is 9.77. The summed E-state index contributed by atoms with van der Waals surface area (Å²) >= 11 is 5.97. The van der Waals surface area contributed by atoms with Crippen molar-refractivity contribution in [3.8, 4) is 6.07 Å². The van der Waals surface area contributed by atoms with E-state index in [0.29, 0.717) is 34.3 Å². The molecule has 0 saturated heterocycles. The van der Waals surface area contributed by atoms with Crippen LogP contribution >= 0.6 is 11.6 Å². The van der Waals surface area contributed by atoms with Crippen molar-refractivity contribution in [1.82, 2.24) is 10.6 Å². The second kappa shape index (κ2) is 16.2. The minimum atomic E-state index is -0.867. The lowest BCUT2D eigenvalue weighted by Crippen LogP contribution is -2.48. The molecule has 4 unspecified atom stereocenters. The van der Waals surface area contributed by atoms with Crippen LogP contribution < -0.4 is 10.6 Å². The molecule has 2 fully saturated rings. The Morgan fingerprint density at radius 3 is 2.29 bits per heavy atom. The minimum Gasteiger partial charge on any atom is -0.449 e. The van der Waals surface area contributed by atoms with Crippen LogP contribution in [-0.2, 0) is 20.9 Å². The Morgan fingerprint density at radius 2 is 1.71 bits per heavy atom. The number of amidine groups is 1. The molecule has 0 bridgehead atoms. The molecule has 0 aliphatic heterocycles. The van der Waals surface area contributed by atoms with Gasteiger partial charge in [-0.25, -0.2) is 4.79 Å². The molecule has 9 heteroatoms. The summed E-state index contributed by atoms with van der Waals surface area (Å²) in [6, 6.07) is 17.0. The van der Waals surface area contributed by atoms with Crippen LogP contribution in [0.25, 0.3) is 0 Å². The Hall–Kier alpha value is -3.41. The minimum absolute atomic E-state index is 0.0205. The normalized spacial score (nSPS) is 22.2. The molecular weight excluding hydrogens is 588 g/mol. The number of amides is 2. The summed E-state index contributed by atoms with van der Waals surface area (Å²) in [4.78, 5) is 31.5. The highest BCUT2D eigenvalue weighted by Crippen LogP contribution is 2.59. The van der Waals surface area contributed by atoms with Gasteiger partial charge in [0.2, 0.25) is 5.91 Å². The number of ether oxygens (including phenoxy) is 2. The largest absolute Gasteiger partial charge is 0.449 e. The highest BCUT2D eigenvalue weighted by atomic mass is 35.5. The van der Waals surface area contributed by atoms with Crippen LogP contribution in [-0.4, -0.2) is 43.1 Å². The van der Waals surface area contributed by atoms with Crippen molar-refractivity contribution in [2.75, 3.05) is 13.2 Å². The molecule has 0 radical (unpaired) electrons. The maximum Gasteiger partial charge on any atom is 0.412 e. The number of hydrogen-bond acceptors (Lipinski definition) is 6. The van der Waals surface area contributed by atoms with Gasteiger partial charge in [0.15, 0.2) is 0 Å². The molecule has 2 N–H and O–H groups in total. The summed E-state index contributed by atoms with van der Waals surface area (Å²) < 4.78 is 11.2. The first-order valence-electron chi connectivity index (χ1n) is 16.2. The third kappa shape index (κ3) is 9.54. The fraction of sp³-hybridized carbons (Fsp3) is 0.556. The molecule has 1 spiro atoms. The second-order valence-corrected chi connectivity index (χ2v) is 13.7. The highest BCUT2D eigenvalue weighted by molar-refractivity contribution is 6.30. The van der Waals surface area contributed by atoms with Gasteiger partial charge < -0.3 is 14.8 Å². The summed E-state index contributed by atoms with van der Waals surface area (Å²) in [6.07, 6.45) is 5.81. The van der Waals surface area contributed by atoms with Crippen molar-refractivity contribution in [3.05, 3.63) is 70.7 Å². The molecule has 0 aromatic heterocycles. The number of nitrogens with zero attached hydrogens (tertiary/aromatic N) is 2. The van der Waals surface area contributed by atoms with Crippen LogP contribution in [0.1, 0.15) is 77.3 Å². The lowest BCUT2D eigenvalue weighted by molar-refractivity contribution is -0.124. The van der Waals surface area contributed by atoms with Gasteiger partial charge in [0, 0.05) is 10.6 Å². The molecule has 2 aromatic carbocycles. The second-order valence-electron chi connectivity index (χ2n) is 13.3. The van der Waals surface area contributed by atoms with Gasteiger partial charge in [0.25, 0.3) is 0 Å². The number of rotatable bonds is 12. The van der Waals surface area contributed by atoms with Gasteiger partial charge >= 0.3 is 6.09 Å². The summed E-state index contributed by atoms with van der Waals surface area (Å²) in [5.41, 5.74) is 2.00. The van der Waals surface area contributed by atoms with Crippen molar-refractivity contribution in [2.24, 2.45) is 34.1 Å². The molecular formula is C36H47ClN4O4. The molecule has 4 rings (SSSR count). The zero-order valence-electron chi connectivity index (χ0n) is 26.9. The Morgan fingerprint density at radius 1 is 1.04 bits per heavy atom. The van der Waals surface area contributed by atoms with E-state index in [1.165, 1.54) is 19.3 Å². The molecule has 45 heavy (non-hydrogen) atoms. The molecule has 2 aromatic rings. The number of alkyl carbamates (subject to hydrolysis) is 1. The topological polar surface area (TPSA) is 113 Å². The molecule has 8 nitrogen and oxygen atoms in total. The van der Waals surface area contributed by atoms with Gasteiger partial charge in [-0.15, -0.1) is 0 Å². The van der Waals surface area contributed by atoms with Gasteiger partial charge in [-0.05, 0) is 78.9 Å². The van der Waals surface area contributed by atoms with E-state index in [2.05, 4.69) is 30.6 Å². The van der Waals surface area contributed by atoms with E-state index in [1.807, 2.05) is 56.3 Å². The average Bonchev–Trinajstić information content (AvgIpc) is 2.99. The lowest BCUT2D eigenvalue weighted by Gasteiger charge is -2.56. The molecule has 4 atom stereocenters.